The van der Waals surface area contributed by atoms with Crippen molar-refractivity contribution in [3.8, 4) is 0 Å². The first-order chi connectivity index (χ1) is 10.2. The number of nitrogens with zero attached hydrogens (tertiary/aromatic N) is 1. The van der Waals surface area contributed by atoms with Gasteiger partial charge in [-0.2, -0.15) is 0 Å². The van der Waals surface area contributed by atoms with Crippen molar-refractivity contribution in [3.05, 3.63) is 70.3 Å². The molecule has 0 bridgehead atoms. The van der Waals surface area contributed by atoms with Crippen molar-refractivity contribution < 1.29 is 9.53 Å². The van der Waals surface area contributed by atoms with Gasteiger partial charge in [-0.1, -0.05) is 52.3 Å². The first kappa shape index (κ1) is 13.9. The Morgan fingerprint density at radius 2 is 1.90 bits per heavy atom. The minimum absolute atomic E-state index is 0.321. The predicted octanol–water partition coefficient (Wildman–Crippen LogP) is 4.24. The van der Waals surface area contributed by atoms with Crippen LogP contribution in [0.5, 0.6) is 0 Å². The van der Waals surface area contributed by atoms with Crippen molar-refractivity contribution in [2.45, 2.75) is 6.54 Å². The molecule has 0 saturated carbocycles. The lowest BCUT2D eigenvalue weighted by atomic mass is 10.2. The van der Waals surface area contributed by atoms with Crippen LogP contribution in [0.2, 0.25) is 0 Å². The summed E-state index contributed by atoms with van der Waals surface area (Å²) >= 11 is 3.52. The number of carbonyl (C=O) groups is 1. The summed E-state index contributed by atoms with van der Waals surface area (Å²) in [4.78, 5) is 12.0. The molecule has 2 aromatic carbocycles. The van der Waals surface area contributed by atoms with Crippen molar-refractivity contribution in [2.75, 3.05) is 7.11 Å². The van der Waals surface area contributed by atoms with E-state index < -0.39 is 0 Å². The maximum atomic E-state index is 12.0. The van der Waals surface area contributed by atoms with Gasteiger partial charge >= 0.3 is 5.97 Å². The molecule has 0 spiro atoms. The summed E-state index contributed by atoms with van der Waals surface area (Å²) in [7, 11) is 1.40. The van der Waals surface area contributed by atoms with Crippen molar-refractivity contribution in [2.24, 2.45) is 0 Å². The third-order valence-electron chi connectivity index (χ3n) is 3.46. The van der Waals surface area contributed by atoms with Gasteiger partial charge in [0, 0.05) is 22.6 Å². The summed E-state index contributed by atoms with van der Waals surface area (Å²) in [6.07, 6.45) is 1.86. The quantitative estimate of drug-likeness (QED) is 0.666. The highest BCUT2D eigenvalue weighted by atomic mass is 79.9. The van der Waals surface area contributed by atoms with Crippen LogP contribution in [-0.2, 0) is 11.3 Å². The van der Waals surface area contributed by atoms with E-state index in [0.29, 0.717) is 12.1 Å². The van der Waals surface area contributed by atoms with Gasteiger partial charge in [-0.3, -0.25) is 0 Å². The lowest BCUT2D eigenvalue weighted by Crippen LogP contribution is -2.01. The smallest absolute Gasteiger partial charge is 0.340 e. The van der Waals surface area contributed by atoms with Crippen molar-refractivity contribution in [1.29, 1.82) is 0 Å². The molecule has 4 heteroatoms. The molecule has 0 aliphatic rings. The fraction of sp³-hybridized carbons (Fsp3) is 0.118. The fourth-order valence-corrected chi connectivity index (χ4v) is 3.05. The number of rotatable bonds is 3. The Hall–Kier alpha value is -2.07. The minimum Gasteiger partial charge on any atom is -0.465 e. The Labute approximate surface area is 131 Å². The number of ether oxygens (including phenoxy) is 1. The van der Waals surface area contributed by atoms with Crippen LogP contribution in [0.4, 0.5) is 0 Å². The van der Waals surface area contributed by atoms with Crippen LogP contribution in [0.1, 0.15) is 15.9 Å². The highest BCUT2D eigenvalue weighted by Crippen LogP contribution is 2.30. The lowest BCUT2D eigenvalue weighted by molar-refractivity contribution is 0.0602. The molecule has 106 valence electrons. The molecule has 0 atom stereocenters. The second kappa shape index (κ2) is 5.74. The molecule has 0 saturated heterocycles. The highest BCUT2D eigenvalue weighted by Gasteiger charge is 2.17. The van der Waals surface area contributed by atoms with Gasteiger partial charge in [0.25, 0.3) is 0 Å². The molecule has 3 rings (SSSR count). The number of halogens is 1. The first-order valence-electron chi connectivity index (χ1n) is 6.60. The molecule has 1 aromatic heterocycles. The molecule has 3 aromatic rings. The molecular formula is C17H14BrNO2. The predicted molar refractivity (Wildman–Crippen MR) is 86.5 cm³/mol. The summed E-state index contributed by atoms with van der Waals surface area (Å²) < 4.78 is 7.86. The van der Waals surface area contributed by atoms with Crippen molar-refractivity contribution in [1.82, 2.24) is 4.57 Å². The first-order valence-corrected chi connectivity index (χ1v) is 7.39. The Morgan fingerprint density at radius 1 is 1.14 bits per heavy atom. The number of methoxy groups -OCH3 is 1. The zero-order chi connectivity index (χ0) is 14.8. The number of hydrogen-bond donors (Lipinski definition) is 0. The topological polar surface area (TPSA) is 31.2 Å². The zero-order valence-corrected chi connectivity index (χ0v) is 13.1. The van der Waals surface area contributed by atoms with Gasteiger partial charge < -0.3 is 9.30 Å². The molecule has 0 N–H and O–H groups in total. The van der Waals surface area contributed by atoms with Crippen LogP contribution in [-0.4, -0.2) is 17.6 Å². The third kappa shape index (κ3) is 2.59. The van der Waals surface area contributed by atoms with Crippen LogP contribution in [0.3, 0.4) is 0 Å². The average molecular weight is 344 g/mol. The van der Waals surface area contributed by atoms with Gasteiger partial charge in [0.1, 0.15) is 0 Å². The maximum absolute atomic E-state index is 12.0. The number of benzene rings is 2. The Kier molecular flexibility index (Phi) is 3.80. The number of fused-ring (bicyclic) bond motifs is 1. The molecule has 21 heavy (non-hydrogen) atoms. The van der Waals surface area contributed by atoms with E-state index in [-0.39, 0.29) is 5.97 Å². The van der Waals surface area contributed by atoms with Gasteiger partial charge in [-0.25, -0.2) is 4.79 Å². The summed E-state index contributed by atoms with van der Waals surface area (Å²) in [5.74, 6) is -0.321. The monoisotopic (exact) mass is 343 g/mol. The summed E-state index contributed by atoms with van der Waals surface area (Å²) in [5.41, 5.74) is 2.77. The molecule has 0 radical (unpaired) electrons. The van der Waals surface area contributed by atoms with Crippen LogP contribution < -0.4 is 0 Å². The van der Waals surface area contributed by atoms with E-state index in [1.54, 1.807) is 0 Å². The zero-order valence-electron chi connectivity index (χ0n) is 11.5. The van der Waals surface area contributed by atoms with Gasteiger partial charge in [-0.15, -0.1) is 0 Å². The maximum Gasteiger partial charge on any atom is 0.340 e. The number of carbonyl (C=O) groups excluding carboxylic acids is 1. The second-order valence-electron chi connectivity index (χ2n) is 4.78. The molecule has 3 nitrogen and oxygen atoms in total. The average Bonchev–Trinajstić information content (AvgIpc) is 2.88. The van der Waals surface area contributed by atoms with E-state index in [0.717, 1.165) is 15.4 Å². The normalized spacial score (nSPS) is 10.8. The lowest BCUT2D eigenvalue weighted by Gasteiger charge is -2.05. The number of aromatic nitrogens is 1. The van der Waals surface area contributed by atoms with E-state index in [1.165, 1.54) is 12.7 Å². The van der Waals surface area contributed by atoms with Crippen LogP contribution in [0.25, 0.3) is 10.9 Å². The highest BCUT2D eigenvalue weighted by molar-refractivity contribution is 9.10. The minimum atomic E-state index is -0.321. The van der Waals surface area contributed by atoms with E-state index in [9.17, 15) is 4.79 Å². The molecule has 0 amide bonds. The summed E-state index contributed by atoms with van der Waals surface area (Å²) in [6.45, 7) is 0.713. The standard InChI is InChI=1S/C17H14BrNO2/c1-21-17(20)13-11-19(10-12-6-3-2-4-7-12)15-9-5-8-14(18)16(13)15/h2-9,11H,10H2,1H3. The molecular weight excluding hydrogens is 330 g/mol. The van der Waals surface area contributed by atoms with Crippen molar-refractivity contribution >= 4 is 32.8 Å². The Bertz CT molecular complexity index is 793. The van der Waals surface area contributed by atoms with E-state index in [1.807, 2.05) is 42.6 Å². The molecule has 0 fully saturated rings. The van der Waals surface area contributed by atoms with Gasteiger partial charge in [-0.05, 0) is 17.7 Å². The Balaban J connectivity index is 2.15. The van der Waals surface area contributed by atoms with Gasteiger partial charge in [0.15, 0.2) is 0 Å². The summed E-state index contributed by atoms with van der Waals surface area (Å²) in [6, 6.07) is 16.1. The van der Waals surface area contributed by atoms with Crippen molar-refractivity contribution in [3.63, 3.8) is 0 Å². The van der Waals surface area contributed by atoms with E-state index in [2.05, 4.69) is 32.6 Å². The largest absolute Gasteiger partial charge is 0.465 e. The Morgan fingerprint density at radius 3 is 2.62 bits per heavy atom. The second-order valence-corrected chi connectivity index (χ2v) is 5.64. The molecule has 0 aliphatic heterocycles. The van der Waals surface area contributed by atoms with Gasteiger partial charge in [0.2, 0.25) is 0 Å². The number of hydrogen-bond acceptors (Lipinski definition) is 2. The van der Waals surface area contributed by atoms with E-state index in [4.69, 9.17) is 4.74 Å². The SMILES string of the molecule is COC(=O)c1cn(Cc2ccccc2)c2cccc(Br)c12. The van der Waals surface area contributed by atoms with Crippen LogP contribution in [0, 0.1) is 0 Å². The van der Waals surface area contributed by atoms with E-state index >= 15 is 0 Å². The third-order valence-corrected chi connectivity index (χ3v) is 4.12. The van der Waals surface area contributed by atoms with Crippen LogP contribution in [0.15, 0.2) is 59.2 Å². The summed E-state index contributed by atoms with van der Waals surface area (Å²) in [5, 5.41) is 0.889. The number of esters is 1. The molecule has 1 heterocycles. The molecule has 0 unspecified atom stereocenters. The molecule has 0 aliphatic carbocycles. The van der Waals surface area contributed by atoms with Crippen LogP contribution >= 0.6 is 15.9 Å². The van der Waals surface area contributed by atoms with Gasteiger partial charge in [0.05, 0.1) is 18.2 Å². The fourth-order valence-electron chi connectivity index (χ4n) is 2.48.